The third-order valence-electron chi connectivity index (χ3n) is 3.09. The fourth-order valence-electron chi connectivity index (χ4n) is 2.17. The summed E-state index contributed by atoms with van der Waals surface area (Å²) in [5.41, 5.74) is 5.62. The average Bonchev–Trinajstić information content (AvgIpc) is 2.40. The molecule has 1 saturated heterocycles. The van der Waals surface area contributed by atoms with Crippen molar-refractivity contribution in [2.75, 3.05) is 25.4 Å². The van der Waals surface area contributed by atoms with Crippen LogP contribution in [0.1, 0.15) is 6.92 Å². The first kappa shape index (κ1) is 15.2. The van der Waals surface area contributed by atoms with E-state index in [0.717, 1.165) is 16.4 Å². The van der Waals surface area contributed by atoms with E-state index in [2.05, 4.69) is 0 Å². The van der Waals surface area contributed by atoms with Crippen LogP contribution in [0.2, 0.25) is 0 Å². The summed E-state index contributed by atoms with van der Waals surface area (Å²) in [6.07, 6.45) is -0.950. The molecule has 0 saturated carbocycles. The van der Waals surface area contributed by atoms with Gasteiger partial charge in [0.2, 0.25) is 10.0 Å². The van der Waals surface area contributed by atoms with Crippen LogP contribution in [-0.4, -0.2) is 49.7 Å². The molecule has 3 N–H and O–H groups in total. The molecule has 0 radical (unpaired) electrons. The Kier molecular flexibility index (Phi) is 4.28. The van der Waals surface area contributed by atoms with Gasteiger partial charge in [0.15, 0.2) is 0 Å². The van der Waals surface area contributed by atoms with Crippen molar-refractivity contribution in [1.82, 2.24) is 4.31 Å². The normalized spacial score (nSPS) is 24.8. The van der Waals surface area contributed by atoms with Gasteiger partial charge in [-0.25, -0.2) is 12.8 Å². The Labute approximate surface area is 117 Å². The summed E-state index contributed by atoms with van der Waals surface area (Å²) in [4.78, 5) is -0.261. The summed E-state index contributed by atoms with van der Waals surface area (Å²) in [5.74, 6) is -0.669. The Morgan fingerprint density at radius 1 is 1.50 bits per heavy atom. The van der Waals surface area contributed by atoms with Gasteiger partial charge in [-0.05, 0) is 25.1 Å². The average molecular weight is 304 g/mol. The van der Waals surface area contributed by atoms with Crippen LogP contribution in [-0.2, 0) is 14.8 Å². The number of aliphatic hydroxyl groups is 1. The second-order valence-corrected chi connectivity index (χ2v) is 6.66. The molecule has 0 bridgehead atoms. The molecule has 2 atom stereocenters. The van der Waals surface area contributed by atoms with Gasteiger partial charge in [-0.1, -0.05) is 0 Å². The van der Waals surface area contributed by atoms with E-state index in [4.69, 9.17) is 15.6 Å². The molecule has 0 spiro atoms. The number of benzene rings is 1. The molecule has 6 nitrogen and oxygen atoms in total. The van der Waals surface area contributed by atoms with Gasteiger partial charge < -0.3 is 15.6 Å². The van der Waals surface area contributed by atoms with Crippen molar-refractivity contribution in [3.63, 3.8) is 0 Å². The Morgan fingerprint density at radius 3 is 2.85 bits per heavy atom. The minimum atomic E-state index is -3.91. The second kappa shape index (κ2) is 5.65. The summed E-state index contributed by atoms with van der Waals surface area (Å²) < 4.78 is 44.8. The standard InChI is InChI=1S/C12H17FN2O4S/c1-8-5-15(6-10(7-16)19-8)20(17,18)12-4-9(13)2-3-11(12)14/h2-4,8,10,16H,5-7,14H2,1H3. The van der Waals surface area contributed by atoms with Gasteiger partial charge in [0.1, 0.15) is 10.7 Å². The van der Waals surface area contributed by atoms with Gasteiger partial charge in [0, 0.05) is 13.1 Å². The number of morpholine rings is 1. The van der Waals surface area contributed by atoms with Gasteiger partial charge in [0.05, 0.1) is 24.5 Å². The first-order chi connectivity index (χ1) is 9.34. The van der Waals surface area contributed by atoms with Gasteiger partial charge in [0.25, 0.3) is 0 Å². The number of hydrogen-bond donors (Lipinski definition) is 2. The van der Waals surface area contributed by atoms with Gasteiger partial charge in [-0.3, -0.25) is 0 Å². The predicted molar refractivity (Wildman–Crippen MR) is 71.0 cm³/mol. The lowest BCUT2D eigenvalue weighted by molar-refractivity contribution is -0.0750. The zero-order valence-electron chi connectivity index (χ0n) is 11.0. The largest absolute Gasteiger partial charge is 0.398 e. The van der Waals surface area contributed by atoms with Crippen LogP contribution in [0.5, 0.6) is 0 Å². The summed E-state index contributed by atoms with van der Waals surface area (Å²) in [6.45, 7) is 1.57. The molecule has 1 aromatic rings. The van der Waals surface area contributed by atoms with Crippen LogP contribution in [0.4, 0.5) is 10.1 Å². The number of ether oxygens (including phenoxy) is 1. The Bertz CT molecular complexity index is 593. The molecule has 0 aliphatic carbocycles. The molecule has 1 aliphatic heterocycles. The molecule has 1 fully saturated rings. The zero-order valence-corrected chi connectivity index (χ0v) is 11.8. The molecule has 1 heterocycles. The molecule has 2 rings (SSSR count). The lowest BCUT2D eigenvalue weighted by atomic mass is 10.2. The first-order valence-electron chi connectivity index (χ1n) is 6.16. The van der Waals surface area contributed by atoms with E-state index in [1.807, 2.05) is 0 Å². The summed E-state index contributed by atoms with van der Waals surface area (Å²) in [7, 11) is -3.91. The van der Waals surface area contributed by atoms with Crippen molar-refractivity contribution in [2.24, 2.45) is 0 Å². The molecule has 8 heteroatoms. The second-order valence-electron chi connectivity index (χ2n) is 4.76. The number of halogens is 1. The highest BCUT2D eigenvalue weighted by molar-refractivity contribution is 7.89. The molecular weight excluding hydrogens is 287 g/mol. The predicted octanol–water partition coefficient (Wildman–Crippen LogP) is 0.178. The Morgan fingerprint density at radius 2 is 2.20 bits per heavy atom. The summed E-state index contributed by atoms with van der Waals surface area (Å²) >= 11 is 0. The highest BCUT2D eigenvalue weighted by Crippen LogP contribution is 2.26. The van der Waals surface area contributed by atoms with Gasteiger partial charge in [-0.2, -0.15) is 4.31 Å². The van der Waals surface area contributed by atoms with E-state index in [1.165, 1.54) is 6.07 Å². The van der Waals surface area contributed by atoms with Crippen LogP contribution in [0, 0.1) is 5.82 Å². The third kappa shape index (κ3) is 2.93. The minimum Gasteiger partial charge on any atom is -0.398 e. The highest BCUT2D eigenvalue weighted by Gasteiger charge is 2.34. The molecule has 1 aromatic carbocycles. The van der Waals surface area contributed by atoms with Crippen LogP contribution in [0.25, 0.3) is 0 Å². The zero-order chi connectivity index (χ0) is 14.9. The highest BCUT2D eigenvalue weighted by atomic mass is 32.2. The van der Waals surface area contributed by atoms with Gasteiger partial charge >= 0.3 is 0 Å². The third-order valence-corrected chi connectivity index (χ3v) is 4.98. The number of hydrogen-bond acceptors (Lipinski definition) is 5. The smallest absolute Gasteiger partial charge is 0.245 e. The van der Waals surface area contributed by atoms with Crippen molar-refractivity contribution >= 4 is 15.7 Å². The minimum absolute atomic E-state index is 0.00825. The van der Waals surface area contributed by atoms with E-state index in [1.54, 1.807) is 6.92 Å². The van der Waals surface area contributed by atoms with E-state index < -0.39 is 21.9 Å². The summed E-state index contributed by atoms with van der Waals surface area (Å²) in [5, 5.41) is 9.13. The van der Waals surface area contributed by atoms with E-state index in [9.17, 15) is 12.8 Å². The monoisotopic (exact) mass is 304 g/mol. The maximum absolute atomic E-state index is 13.3. The van der Waals surface area contributed by atoms with Crippen molar-refractivity contribution in [3.8, 4) is 0 Å². The number of nitrogen functional groups attached to an aromatic ring is 1. The molecular formula is C12H17FN2O4S. The Balaban J connectivity index is 2.36. The molecule has 0 aromatic heterocycles. The molecule has 0 amide bonds. The number of nitrogens with zero attached hydrogens (tertiary/aromatic N) is 1. The fraction of sp³-hybridized carbons (Fsp3) is 0.500. The Hall–Kier alpha value is -1.22. The van der Waals surface area contributed by atoms with E-state index >= 15 is 0 Å². The molecule has 20 heavy (non-hydrogen) atoms. The topological polar surface area (TPSA) is 92.9 Å². The van der Waals surface area contributed by atoms with Crippen LogP contribution in [0.3, 0.4) is 0 Å². The number of aliphatic hydroxyl groups excluding tert-OH is 1. The van der Waals surface area contributed by atoms with Crippen molar-refractivity contribution in [2.45, 2.75) is 24.0 Å². The maximum atomic E-state index is 13.3. The fourth-order valence-corrected chi connectivity index (χ4v) is 3.85. The lowest BCUT2D eigenvalue weighted by Crippen LogP contribution is -2.50. The van der Waals surface area contributed by atoms with Crippen molar-refractivity contribution in [1.29, 1.82) is 0 Å². The number of sulfonamides is 1. The van der Waals surface area contributed by atoms with E-state index in [-0.39, 0.29) is 36.4 Å². The lowest BCUT2D eigenvalue weighted by Gasteiger charge is -2.35. The first-order valence-corrected chi connectivity index (χ1v) is 7.60. The SMILES string of the molecule is CC1CN(S(=O)(=O)c2cc(F)ccc2N)CC(CO)O1. The quantitative estimate of drug-likeness (QED) is 0.777. The molecule has 1 aliphatic rings. The van der Waals surface area contributed by atoms with Gasteiger partial charge in [-0.15, -0.1) is 0 Å². The molecule has 2 unspecified atom stereocenters. The summed E-state index contributed by atoms with van der Waals surface area (Å²) in [6, 6.07) is 3.22. The van der Waals surface area contributed by atoms with E-state index in [0.29, 0.717) is 0 Å². The van der Waals surface area contributed by atoms with Crippen LogP contribution < -0.4 is 5.73 Å². The van der Waals surface area contributed by atoms with Crippen molar-refractivity contribution in [3.05, 3.63) is 24.0 Å². The van der Waals surface area contributed by atoms with Crippen LogP contribution in [0.15, 0.2) is 23.1 Å². The van der Waals surface area contributed by atoms with Crippen LogP contribution >= 0.6 is 0 Å². The van der Waals surface area contributed by atoms with Crippen molar-refractivity contribution < 1.29 is 22.7 Å². The maximum Gasteiger partial charge on any atom is 0.245 e. The number of nitrogens with two attached hydrogens (primary N) is 1. The molecule has 112 valence electrons. The number of rotatable bonds is 3. The number of anilines is 1.